The van der Waals surface area contributed by atoms with E-state index in [4.69, 9.17) is 10.6 Å². The van der Waals surface area contributed by atoms with Gasteiger partial charge in [-0.1, -0.05) is 13.3 Å². The lowest BCUT2D eigenvalue weighted by molar-refractivity contribution is 0.357. The van der Waals surface area contributed by atoms with Crippen molar-refractivity contribution in [2.45, 2.75) is 26.2 Å². The summed E-state index contributed by atoms with van der Waals surface area (Å²) in [5, 5.41) is 0. The van der Waals surface area contributed by atoms with Gasteiger partial charge in [-0.3, -0.25) is 0 Å². The minimum absolute atomic E-state index is 0.648. The molecule has 0 saturated carbocycles. The van der Waals surface area contributed by atoms with E-state index in [1.165, 1.54) is 5.56 Å². The van der Waals surface area contributed by atoms with Crippen molar-refractivity contribution in [3.63, 3.8) is 0 Å². The van der Waals surface area contributed by atoms with E-state index in [-0.39, 0.29) is 0 Å². The monoisotopic (exact) mass is 270 g/mol. The molecule has 0 saturated heterocycles. The molecule has 3 N–H and O–H groups in total. The minimum atomic E-state index is 0.648. The Balaban J connectivity index is 2.02. The number of nitrogen functional groups attached to an aromatic ring is 1. The molecule has 2 aromatic rings. The SMILES string of the molecule is CCCc1cc(NN)nc(-c2ccc3c(c2)CCO3)n1. The second-order valence-corrected chi connectivity index (χ2v) is 4.88. The molecule has 0 bridgehead atoms. The number of hydrogen-bond donors (Lipinski definition) is 2. The molecule has 0 atom stereocenters. The number of hydrazine groups is 1. The van der Waals surface area contributed by atoms with Gasteiger partial charge in [0.15, 0.2) is 5.82 Å². The van der Waals surface area contributed by atoms with Crippen molar-refractivity contribution in [2.75, 3.05) is 12.0 Å². The number of fused-ring (bicyclic) bond motifs is 1. The number of nitrogens with two attached hydrogens (primary N) is 1. The summed E-state index contributed by atoms with van der Waals surface area (Å²) < 4.78 is 5.52. The van der Waals surface area contributed by atoms with E-state index < -0.39 is 0 Å². The summed E-state index contributed by atoms with van der Waals surface area (Å²) in [6.07, 6.45) is 2.90. The highest BCUT2D eigenvalue weighted by Gasteiger charge is 2.14. The number of aromatic nitrogens is 2. The van der Waals surface area contributed by atoms with Crippen LogP contribution in [0.5, 0.6) is 5.75 Å². The Morgan fingerprint density at radius 3 is 3.00 bits per heavy atom. The first kappa shape index (κ1) is 12.9. The van der Waals surface area contributed by atoms with Crippen molar-refractivity contribution in [3.05, 3.63) is 35.5 Å². The number of hydrogen-bond acceptors (Lipinski definition) is 5. The van der Waals surface area contributed by atoms with E-state index in [2.05, 4.69) is 28.4 Å². The third-order valence-corrected chi connectivity index (χ3v) is 3.38. The van der Waals surface area contributed by atoms with E-state index >= 15 is 0 Å². The number of benzene rings is 1. The number of rotatable bonds is 4. The summed E-state index contributed by atoms with van der Waals surface area (Å²) in [5.41, 5.74) is 5.83. The molecule has 2 heterocycles. The van der Waals surface area contributed by atoms with Gasteiger partial charge in [0.25, 0.3) is 0 Å². The third kappa shape index (κ3) is 2.44. The van der Waals surface area contributed by atoms with E-state index in [1.807, 2.05) is 18.2 Å². The Bertz CT molecular complexity index is 627. The molecular weight excluding hydrogens is 252 g/mol. The molecule has 1 aliphatic heterocycles. The van der Waals surface area contributed by atoms with E-state index in [1.54, 1.807) is 0 Å². The van der Waals surface area contributed by atoms with Crippen LogP contribution in [0.3, 0.4) is 0 Å². The van der Waals surface area contributed by atoms with Gasteiger partial charge in [0, 0.05) is 23.7 Å². The molecule has 0 aliphatic carbocycles. The van der Waals surface area contributed by atoms with Crippen molar-refractivity contribution < 1.29 is 4.74 Å². The van der Waals surface area contributed by atoms with Crippen LogP contribution in [0.15, 0.2) is 24.3 Å². The van der Waals surface area contributed by atoms with Crippen LogP contribution in [0.1, 0.15) is 24.6 Å². The molecule has 0 spiro atoms. The van der Waals surface area contributed by atoms with Crippen LogP contribution in [-0.4, -0.2) is 16.6 Å². The van der Waals surface area contributed by atoms with Crippen molar-refractivity contribution in [1.29, 1.82) is 0 Å². The normalized spacial score (nSPS) is 12.9. The Morgan fingerprint density at radius 1 is 1.30 bits per heavy atom. The van der Waals surface area contributed by atoms with Crippen molar-refractivity contribution >= 4 is 5.82 Å². The van der Waals surface area contributed by atoms with E-state index in [0.717, 1.165) is 42.9 Å². The second kappa shape index (κ2) is 5.46. The number of nitrogens with one attached hydrogen (secondary N) is 1. The van der Waals surface area contributed by atoms with Gasteiger partial charge in [-0.05, 0) is 30.2 Å². The zero-order valence-corrected chi connectivity index (χ0v) is 11.5. The molecule has 0 fully saturated rings. The number of nitrogens with zero attached hydrogens (tertiary/aromatic N) is 2. The third-order valence-electron chi connectivity index (χ3n) is 3.38. The molecule has 5 heteroatoms. The Morgan fingerprint density at radius 2 is 2.20 bits per heavy atom. The standard InChI is InChI=1S/C15H18N4O/c1-2-3-12-9-14(19-16)18-15(17-12)11-4-5-13-10(8-11)6-7-20-13/h4-5,8-9H,2-3,6-7,16H2,1H3,(H,17,18,19). The topological polar surface area (TPSA) is 73.1 Å². The fraction of sp³-hybridized carbons (Fsp3) is 0.333. The Kier molecular flexibility index (Phi) is 3.52. The van der Waals surface area contributed by atoms with Crippen LogP contribution in [0.4, 0.5) is 5.82 Å². The van der Waals surface area contributed by atoms with Gasteiger partial charge in [-0.2, -0.15) is 0 Å². The maximum atomic E-state index is 5.52. The molecular formula is C15H18N4O. The summed E-state index contributed by atoms with van der Waals surface area (Å²) in [6, 6.07) is 7.98. The van der Waals surface area contributed by atoms with Crippen molar-refractivity contribution in [3.8, 4) is 17.1 Å². The van der Waals surface area contributed by atoms with Gasteiger partial charge < -0.3 is 10.2 Å². The van der Waals surface area contributed by atoms with E-state index in [0.29, 0.717) is 11.6 Å². The quantitative estimate of drug-likeness (QED) is 0.659. The first-order valence-corrected chi connectivity index (χ1v) is 6.91. The highest BCUT2D eigenvalue weighted by Crippen LogP contribution is 2.29. The first-order valence-electron chi connectivity index (χ1n) is 6.91. The molecule has 3 rings (SSSR count). The molecule has 0 amide bonds. The Hall–Kier alpha value is -2.14. The largest absolute Gasteiger partial charge is 0.493 e. The van der Waals surface area contributed by atoms with Crippen LogP contribution in [0, 0.1) is 0 Å². The fourth-order valence-corrected chi connectivity index (χ4v) is 2.41. The van der Waals surface area contributed by atoms with Gasteiger partial charge in [0.2, 0.25) is 0 Å². The highest BCUT2D eigenvalue weighted by atomic mass is 16.5. The van der Waals surface area contributed by atoms with Crippen LogP contribution in [0.2, 0.25) is 0 Å². The molecule has 1 aromatic carbocycles. The van der Waals surface area contributed by atoms with Crippen LogP contribution in [0.25, 0.3) is 11.4 Å². The van der Waals surface area contributed by atoms with Gasteiger partial charge in [-0.25, -0.2) is 15.8 Å². The average Bonchev–Trinajstić information content (AvgIpc) is 2.94. The summed E-state index contributed by atoms with van der Waals surface area (Å²) in [7, 11) is 0. The first-order chi connectivity index (χ1) is 9.80. The minimum Gasteiger partial charge on any atom is -0.493 e. The maximum Gasteiger partial charge on any atom is 0.161 e. The fourth-order valence-electron chi connectivity index (χ4n) is 2.41. The summed E-state index contributed by atoms with van der Waals surface area (Å²) in [6.45, 7) is 2.88. The molecule has 20 heavy (non-hydrogen) atoms. The molecule has 1 aromatic heterocycles. The number of aryl methyl sites for hydroxylation is 1. The van der Waals surface area contributed by atoms with Crippen molar-refractivity contribution in [1.82, 2.24) is 9.97 Å². The second-order valence-electron chi connectivity index (χ2n) is 4.88. The van der Waals surface area contributed by atoms with Crippen LogP contribution in [-0.2, 0) is 12.8 Å². The van der Waals surface area contributed by atoms with Gasteiger partial charge in [0.05, 0.1) is 6.61 Å². The lowest BCUT2D eigenvalue weighted by Gasteiger charge is -2.08. The van der Waals surface area contributed by atoms with E-state index in [9.17, 15) is 0 Å². The zero-order chi connectivity index (χ0) is 13.9. The summed E-state index contributed by atoms with van der Waals surface area (Å²) >= 11 is 0. The van der Waals surface area contributed by atoms with Gasteiger partial charge >= 0.3 is 0 Å². The number of ether oxygens (including phenoxy) is 1. The highest BCUT2D eigenvalue weighted by molar-refractivity contribution is 5.61. The Labute approximate surface area is 118 Å². The lowest BCUT2D eigenvalue weighted by Crippen LogP contribution is -2.10. The predicted octanol–water partition coefficient (Wildman–Crippen LogP) is 2.32. The van der Waals surface area contributed by atoms with Gasteiger partial charge in [0.1, 0.15) is 11.6 Å². The zero-order valence-electron chi connectivity index (χ0n) is 11.5. The molecule has 0 unspecified atom stereocenters. The molecule has 104 valence electrons. The molecule has 5 nitrogen and oxygen atoms in total. The predicted molar refractivity (Wildman–Crippen MR) is 78.5 cm³/mol. The smallest absolute Gasteiger partial charge is 0.161 e. The molecule has 0 radical (unpaired) electrons. The van der Waals surface area contributed by atoms with Crippen molar-refractivity contribution in [2.24, 2.45) is 5.84 Å². The number of anilines is 1. The maximum absolute atomic E-state index is 5.52. The summed E-state index contributed by atoms with van der Waals surface area (Å²) in [4.78, 5) is 9.06. The molecule has 1 aliphatic rings. The lowest BCUT2D eigenvalue weighted by atomic mass is 10.1. The average molecular weight is 270 g/mol. The van der Waals surface area contributed by atoms with Crippen LogP contribution < -0.4 is 16.0 Å². The van der Waals surface area contributed by atoms with Crippen LogP contribution >= 0.6 is 0 Å². The van der Waals surface area contributed by atoms with Gasteiger partial charge in [-0.15, -0.1) is 0 Å². The summed E-state index contributed by atoms with van der Waals surface area (Å²) in [5.74, 6) is 7.82.